The molecule has 6 aromatic heterocycles. The van der Waals surface area contributed by atoms with Gasteiger partial charge >= 0.3 is 11.9 Å². The summed E-state index contributed by atoms with van der Waals surface area (Å²) < 4.78 is 4.74. The minimum atomic E-state index is -1.05. The first-order valence-electron chi connectivity index (χ1n) is 12.8. The van der Waals surface area contributed by atoms with Gasteiger partial charge in [0.15, 0.2) is 0 Å². The average molecular weight is 665 g/mol. The van der Waals surface area contributed by atoms with Crippen LogP contribution in [0.15, 0.2) is 48.5 Å². The van der Waals surface area contributed by atoms with Gasteiger partial charge in [-0.2, -0.15) is 0 Å². The number of thiophene rings is 6. The molecule has 0 saturated carbocycles. The number of fused-ring (bicyclic) bond motifs is 2. The van der Waals surface area contributed by atoms with Crippen LogP contribution in [0, 0.1) is 20.8 Å². The number of nitrogens with two attached hydrogens (primary N) is 1. The maximum absolute atomic E-state index is 12.9. The third-order valence-electron chi connectivity index (χ3n) is 7.19. The Morgan fingerprint density at radius 3 is 1.62 bits per heavy atom. The molecule has 0 aliphatic heterocycles. The van der Waals surface area contributed by atoms with Crippen molar-refractivity contribution in [1.29, 1.82) is 0 Å². The monoisotopic (exact) mass is 664 g/mol. The lowest BCUT2D eigenvalue weighted by Gasteiger charge is -2.17. The quantitative estimate of drug-likeness (QED) is 0.173. The molecule has 6 heterocycles. The van der Waals surface area contributed by atoms with Gasteiger partial charge in [0.1, 0.15) is 5.56 Å². The molecule has 0 aliphatic carbocycles. The second kappa shape index (κ2) is 10.1. The summed E-state index contributed by atoms with van der Waals surface area (Å²) in [5.41, 5.74) is 8.43. The first-order chi connectivity index (χ1) is 20.1. The fourth-order valence-corrected chi connectivity index (χ4v) is 12.3. The van der Waals surface area contributed by atoms with Crippen LogP contribution in [0.5, 0.6) is 0 Å². The van der Waals surface area contributed by atoms with Crippen LogP contribution in [0.2, 0.25) is 0 Å². The lowest BCUT2D eigenvalue weighted by Crippen LogP contribution is -2.12. The van der Waals surface area contributed by atoms with Gasteiger partial charge in [-0.25, -0.2) is 4.79 Å². The minimum absolute atomic E-state index is 0.169. The third kappa shape index (κ3) is 4.43. The molecule has 1 aromatic carbocycles. The highest BCUT2D eigenvalue weighted by molar-refractivity contribution is 7.33. The van der Waals surface area contributed by atoms with Crippen LogP contribution in [0.1, 0.15) is 36.7 Å². The van der Waals surface area contributed by atoms with E-state index >= 15 is 0 Å². The first kappa shape index (κ1) is 27.5. The van der Waals surface area contributed by atoms with Crippen LogP contribution in [0.3, 0.4) is 0 Å². The maximum Gasteiger partial charge on any atom is 0.550 e. The van der Waals surface area contributed by atoms with Crippen molar-refractivity contribution < 1.29 is 19.8 Å². The minimum Gasteiger partial charge on any atom is -0.561 e. The number of nitrogen functional groups attached to an aromatic ring is 1. The van der Waals surface area contributed by atoms with E-state index in [4.69, 9.17) is 10.8 Å². The van der Waals surface area contributed by atoms with Gasteiger partial charge in [0, 0.05) is 68.9 Å². The van der Waals surface area contributed by atoms with Crippen molar-refractivity contribution in [2.45, 2.75) is 20.8 Å². The van der Waals surface area contributed by atoms with Gasteiger partial charge in [-0.05, 0) is 80.4 Å². The molecule has 5 N–H and O–H groups in total. The summed E-state index contributed by atoms with van der Waals surface area (Å²) in [6.45, 7) is 5.62. The molecule has 0 radical (unpaired) electrons. The van der Waals surface area contributed by atoms with Gasteiger partial charge < -0.3 is 15.9 Å². The highest BCUT2D eigenvalue weighted by Gasteiger charge is 2.32. The molecular formula is C31H22NO4S6+. The van der Waals surface area contributed by atoms with E-state index in [2.05, 4.69) is 25.1 Å². The number of hydrogen-bond donors (Lipinski definition) is 2. The van der Waals surface area contributed by atoms with Crippen molar-refractivity contribution in [3.05, 3.63) is 75.7 Å². The SMILES string of the molecule is Cc1cc2sc(-c3ccc(-c4c(C)c(C(=O)O)c(-c5ccc(-c6cc7sc(N)cc7s6)s5)c(C)c4C(=O)[OH2+])s3)cc2s1. The molecular weight excluding hydrogens is 643 g/mol. The van der Waals surface area contributed by atoms with Crippen LogP contribution in [-0.4, -0.2) is 22.2 Å². The molecule has 0 aliphatic rings. The number of aryl methyl sites for hydroxylation is 1. The number of aromatic carboxylic acids is 1. The predicted octanol–water partition coefficient (Wildman–Crippen LogP) is 10.1. The first-order valence-corrected chi connectivity index (χ1v) is 17.6. The Hall–Kier alpha value is -3.32. The van der Waals surface area contributed by atoms with Crippen molar-refractivity contribution in [1.82, 2.24) is 0 Å². The van der Waals surface area contributed by atoms with Crippen molar-refractivity contribution >= 4 is 104 Å². The van der Waals surface area contributed by atoms with Gasteiger partial charge in [0.05, 0.1) is 10.6 Å². The Bertz CT molecular complexity index is 2000. The summed E-state index contributed by atoms with van der Waals surface area (Å²) >= 11 is 9.71. The van der Waals surface area contributed by atoms with Gasteiger partial charge in [-0.1, -0.05) is 0 Å². The Morgan fingerprint density at radius 1 is 0.619 bits per heavy atom. The summed E-state index contributed by atoms with van der Waals surface area (Å²) in [6, 6.07) is 16.3. The zero-order chi connectivity index (χ0) is 29.4. The van der Waals surface area contributed by atoms with E-state index in [1.165, 1.54) is 37.0 Å². The van der Waals surface area contributed by atoms with Crippen molar-refractivity contribution in [3.63, 3.8) is 0 Å². The summed E-state index contributed by atoms with van der Waals surface area (Å²) in [4.78, 5) is 32.8. The third-order valence-corrected chi connectivity index (χ3v) is 14.1. The van der Waals surface area contributed by atoms with Gasteiger partial charge in [-0.15, -0.1) is 68.0 Å². The molecule has 0 spiro atoms. The van der Waals surface area contributed by atoms with E-state index in [-0.39, 0.29) is 11.1 Å². The van der Waals surface area contributed by atoms with Crippen molar-refractivity contribution in [2.75, 3.05) is 5.73 Å². The van der Waals surface area contributed by atoms with Crippen LogP contribution >= 0.6 is 68.0 Å². The molecule has 0 saturated heterocycles. The number of carboxylic acids is 1. The molecule has 0 fully saturated rings. The average Bonchev–Trinajstić information content (AvgIpc) is 3.73. The number of rotatable bonds is 6. The highest BCUT2D eigenvalue weighted by Crippen LogP contribution is 2.48. The van der Waals surface area contributed by atoms with Crippen molar-refractivity contribution in [3.8, 4) is 40.4 Å². The van der Waals surface area contributed by atoms with Crippen LogP contribution < -0.4 is 5.73 Å². The zero-order valence-corrected chi connectivity index (χ0v) is 27.3. The molecule has 0 atom stereocenters. The van der Waals surface area contributed by atoms with Crippen molar-refractivity contribution in [2.24, 2.45) is 0 Å². The molecule has 7 rings (SSSR count). The normalized spacial score (nSPS) is 11.7. The van der Waals surface area contributed by atoms with E-state index in [1.54, 1.807) is 59.2 Å². The van der Waals surface area contributed by atoms with E-state index in [0.29, 0.717) is 22.3 Å². The molecule has 0 bridgehead atoms. The topological polar surface area (TPSA) is 103 Å². The molecule has 210 valence electrons. The summed E-state index contributed by atoms with van der Waals surface area (Å²) in [5, 5.41) is 19.5. The molecule has 42 heavy (non-hydrogen) atoms. The van der Waals surface area contributed by atoms with Gasteiger partial charge in [0.2, 0.25) is 0 Å². The van der Waals surface area contributed by atoms with Gasteiger partial charge in [0.25, 0.3) is 0 Å². The smallest absolute Gasteiger partial charge is 0.550 e. The van der Waals surface area contributed by atoms with E-state index in [0.717, 1.165) is 43.7 Å². The van der Waals surface area contributed by atoms with Gasteiger partial charge in [-0.3, -0.25) is 0 Å². The standard InChI is InChI=1S/C31H21NO4S6/c1-12-8-19-22(37-12)9-20(40-19)15-4-6-17(38-15)26-13(2)29(31(35)36)27(14(3)28(26)30(33)34)18-7-5-16(39-18)21-10-23-24(41-21)11-25(32)42-23/h4-11H,32H2,1-3H3,(H,33,34)(H,35,36)/p+1. The fourth-order valence-electron chi connectivity index (χ4n) is 5.43. The Morgan fingerprint density at radius 2 is 1.10 bits per heavy atom. The van der Waals surface area contributed by atoms with E-state index < -0.39 is 11.9 Å². The molecule has 0 unspecified atom stereocenters. The molecule has 0 amide bonds. The number of hydrogen-bond acceptors (Lipinski definition) is 9. The van der Waals surface area contributed by atoms with Crippen LogP contribution in [-0.2, 0) is 0 Å². The molecule has 7 aromatic rings. The number of carbonyl (C=O) groups is 2. The maximum atomic E-state index is 12.9. The number of benzene rings is 1. The Labute approximate surface area is 264 Å². The largest absolute Gasteiger partial charge is 0.561 e. The molecule has 5 nitrogen and oxygen atoms in total. The predicted molar refractivity (Wildman–Crippen MR) is 184 cm³/mol. The van der Waals surface area contributed by atoms with Crippen LogP contribution in [0.4, 0.5) is 5.00 Å². The summed E-state index contributed by atoms with van der Waals surface area (Å²) in [7, 11) is 0. The van der Waals surface area contributed by atoms with E-state index in [9.17, 15) is 14.7 Å². The van der Waals surface area contributed by atoms with E-state index in [1.807, 2.05) is 30.3 Å². The summed E-state index contributed by atoms with van der Waals surface area (Å²) in [5.74, 6) is -1.87. The highest BCUT2D eigenvalue weighted by atomic mass is 32.1. The fraction of sp³-hybridized carbons (Fsp3) is 0.0968. The number of carboxylic acid groups (broad SMARTS) is 1. The Balaban J connectivity index is 1.37. The molecule has 11 heteroatoms. The lowest BCUT2D eigenvalue weighted by molar-refractivity contribution is 0.0681. The zero-order valence-electron chi connectivity index (χ0n) is 22.4. The second-order valence-corrected chi connectivity index (χ2v) is 16.6. The lowest BCUT2D eigenvalue weighted by atomic mass is 9.86. The second-order valence-electron chi connectivity index (χ2n) is 9.90. The Kier molecular flexibility index (Phi) is 6.65. The summed E-state index contributed by atoms with van der Waals surface area (Å²) in [6.07, 6.45) is 0. The number of anilines is 1. The van der Waals surface area contributed by atoms with Crippen LogP contribution in [0.25, 0.3) is 59.2 Å². The number of carbonyl (C=O) groups excluding carboxylic acids is 1.